The van der Waals surface area contributed by atoms with Crippen molar-refractivity contribution in [3.63, 3.8) is 0 Å². The number of allylic oxidation sites excluding steroid dienone is 1. The van der Waals surface area contributed by atoms with Crippen LogP contribution in [0.2, 0.25) is 0 Å². The molecule has 3 aromatic carbocycles. The van der Waals surface area contributed by atoms with Gasteiger partial charge < -0.3 is 43.6 Å². The highest BCUT2D eigenvalue weighted by molar-refractivity contribution is 7.99. The van der Waals surface area contributed by atoms with E-state index in [4.69, 9.17) is 33.7 Å². The van der Waals surface area contributed by atoms with Gasteiger partial charge in [0.1, 0.15) is 24.1 Å². The summed E-state index contributed by atoms with van der Waals surface area (Å²) in [6.45, 7) is 5.67. The van der Waals surface area contributed by atoms with Crippen LogP contribution in [0.25, 0.3) is 0 Å². The summed E-state index contributed by atoms with van der Waals surface area (Å²) < 4.78 is 32.7. The van der Waals surface area contributed by atoms with Gasteiger partial charge in [-0.15, -0.1) is 18.3 Å². The van der Waals surface area contributed by atoms with Crippen molar-refractivity contribution >= 4 is 23.6 Å². The summed E-state index contributed by atoms with van der Waals surface area (Å²) in [6, 6.07) is 25.3. The van der Waals surface area contributed by atoms with Gasteiger partial charge in [-0.2, -0.15) is 0 Å². The van der Waals surface area contributed by atoms with E-state index < -0.39 is 30.1 Å². The number of benzene rings is 3. The minimum absolute atomic E-state index is 0.0927. The molecule has 2 N–H and O–H groups in total. The van der Waals surface area contributed by atoms with Crippen LogP contribution in [0.15, 0.2) is 113 Å². The van der Waals surface area contributed by atoms with Gasteiger partial charge in [0.15, 0.2) is 0 Å². The molecule has 61 heavy (non-hydrogen) atoms. The van der Waals surface area contributed by atoms with E-state index >= 15 is 0 Å². The van der Waals surface area contributed by atoms with Crippen LogP contribution in [0.4, 0.5) is 4.79 Å². The van der Waals surface area contributed by atoms with Gasteiger partial charge in [0, 0.05) is 55.2 Å². The molecule has 1 saturated heterocycles. The number of unbranched alkanes of at least 4 members (excludes halogenated alkanes) is 2. The summed E-state index contributed by atoms with van der Waals surface area (Å²) in [5.74, 6) is 0.424. The number of aliphatic hydroxyl groups excluding tert-OH is 2. The molecular weight excluding hydrogens is 793 g/mol. The standard InChI is InChI=1S/C49H62N2O9S/c1-3-27-58-49-44(51(2)48(54)57-34-35-16-6-4-7-17-35)33-42(50-60-45-22-12-15-28-56-45)40-31-36(18-10-13-25-52)39(21-11-14-26-53)46(47(40)49)41-32-37(23-24-43(41)59-49)55-29-30-61-38-19-8-5-9-20-38/h3-9,16-17,19-20,23-24,31-32,36,39,44-47,52-53H,1,10-15,18,21-22,25-30,33-34H2,2H3. The molecule has 1 saturated carbocycles. The first-order valence-corrected chi connectivity index (χ1v) is 23.0. The van der Waals surface area contributed by atoms with Crippen molar-refractivity contribution in [3.05, 3.63) is 114 Å². The van der Waals surface area contributed by atoms with Gasteiger partial charge in [0.2, 0.25) is 12.1 Å². The van der Waals surface area contributed by atoms with Gasteiger partial charge in [0.25, 0.3) is 0 Å². The van der Waals surface area contributed by atoms with Crippen LogP contribution >= 0.6 is 11.8 Å². The Labute approximate surface area is 365 Å². The summed E-state index contributed by atoms with van der Waals surface area (Å²) in [5.41, 5.74) is 3.57. The maximum absolute atomic E-state index is 14.2. The molecule has 2 fully saturated rings. The Morgan fingerprint density at radius 1 is 1.00 bits per heavy atom. The zero-order valence-corrected chi connectivity index (χ0v) is 36.2. The lowest BCUT2D eigenvalue weighted by Gasteiger charge is -2.59. The van der Waals surface area contributed by atoms with Gasteiger partial charge in [-0.1, -0.05) is 78.7 Å². The van der Waals surface area contributed by atoms with Crippen LogP contribution < -0.4 is 9.47 Å². The molecule has 2 aliphatic heterocycles. The maximum Gasteiger partial charge on any atom is 0.410 e. The quantitative estimate of drug-likeness (QED) is 0.0463. The minimum atomic E-state index is -1.38. The average molecular weight is 855 g/mol. The zero-order chi connectivity index (χ0) is 42.4. The monoisotopic (exact) mass is 854 g/mol. The smallest absolute Gasteiger partial charge is 0.410 e. The number of carbonyl (C=O) groups is 1. The summed E-state index contributed by atoms with van der Waals surface area (Å²) in [5, 5.41) is 24.8. The fraction of sp³-hybridized carbons (Fsp3) is 0.510. The average Bonchev–Trinajstić information content (AvgIpc) is 3.30. The molecule has 2 heterocycles. The lowest BCUT2D eigenvalue weighted by molar-refractivity contribution is -0.254. The van der Waals surface area contributed by atoms with Crippen LogP contribution in [-0.2, 0) is 25.7 Å². The molecule has 11 nitrogen and oxygen atoms in total. The van der Waals surface area contributed by atoms with Gasteiger partial charge in [-0.25, -0.2) is 4.79 Å². The number of ether oxygens (including phenoxy) is 5. The Morgan fingerprint density at radius 2 is 1.77 bits per heavy atom. The Balaban J connectivity index is 1.32. The first kappa shape index (κ1) is 44.7. The van der Waals surface area contributed by atoms with E-state index in [-0.39, 0.29) is 50.6 Å². The zero-order valence-electron chi connectivity index (χ0n) is 35.4. The number of amides is 1. The van der Waals surface area contributed by atoms with Crippen LogP contribution in [0, 0.1) is 17.8 Å². The number of nitrogens with zero attached hydrogens (tertiary/aromatic N) is 2. The van der Waals surface area contributed by atoms with Crippen molar-refractivity contribution in [2.45, 2.75) is 99.7 Å². The fourth-order valence-electron chi connectivity index (χ4n) is 9.52. The molecule has 0 aromatic heterocycles. The Bertz CT molecular complexity index is 1920. The van der Waals surface area contributed by atoms with Crippen LogP contribution in [0.3, 0.4) is 0 Å². The maximum atomic E-state index is 14.2. The SMILES string of the molecule is C=CCOC12Oc3ccc(OCCSc4ccccc4)cc3C3C(CCCCO)C(CCCCO)C=C(C(=NOC4CCCCO4)CC1N(C)C(=O)OCc1ccccc1)C32. The molecule has 7 unspecified atom stereocenters. The third-order valence-electron chi connectivity index (χ3n) is 12.4. The summed E-state index contributed by atoms with van der Waals surface area (Å²) >= 11 is 1.75. The number of carbonyl (C=O) groups excluding carboxylic acids is 1. The lowest BCUT2D eigenvalue weighted by Crippen LogP contribution is -2.69. The number of aliphatic hydroxyl groups is 2. The van der Waals surface area contributed by atoms with Crippen molar-refractivity contribution in [1.29, 1.82) is 0 Å². The van der Waals surface area contributed by atoms with E-state index in [1.165, 1.54) is 4.90 Å². The molecule has 7 rings (SSSR count). The number of hydrogen-bond acceptors (Lipinski definition) is 11. The third-order valence-corrected chi connectivity index (χ3v) is 13.4. The first-order valence-electron chi connectivity index (χ1n) is 22.1. The number of hydrogen-bond donors (Lipinski definition) is 2. The molecule has 0 radical (unpaired) electrons. The van der Waals surface area contributed by atoms with Gasteiger partial charge in [0.05, 0.1) is 31.5 Å². The highest BCUT2D eigenvalue weighted by Crippen LogP contribution is 2.62. The number of oxime groups is 1. The van der Waals surface area contributed by atoms with E-state index in [2.05, 4.69) is 30.9 Å². The predicted octanol–water partition coefficient (Wildman–Crippen LogP) is 9.29. The van der Waals surface area contributed by atoms with Gasteiger partial charge >= 0.3 is 6.09 Å². The van der Waals surface area contributed by atoms with E-state index in [1.807, 2.05) is 60.7 Å². The second kappa shape index (κ2) is 22.2. The predicted molar refractivity (Wildman–Crippen MR) is 237 cm³/mol. The van der Waals surface area contributed by atoms with Crippen molar-refractivity contribution in [3.8, 4) is 11.5 Å². The van der Waals surface area contributed by atoms with E-state index in [0.717, 1.165) is 73.1 Å². The molecule has 0 bridgehead atoms. The van der Waals surface area contributed by atoms with Crippen molar-refractivity contribution in [2.24, 2.45) is 22.9 Å². The van der Waals surface area contributed by atoms with Crippen molar-refractivity contribution in [2.75, 3.05) is 45.8 Å². The fourth-order valence-corrected chi connectivity index (χ4v) is 10.3. The van der Waals surface area contributed by atoms with Crippen LogP contribution in [0.5, 0.6) is 11.5 Å². The second-order valence-corrected chi connectivity index (χ2v) is 17.5. The highest BCUT2D eigenvalue weighted by Gasteiger charge is 2.65. The molecule has 4 aliphatic rings. The second-order valence-electron chi connectivity index (χ2n) is 16.3. The Hall–Kier alpha value is -4.33. The molecule has 328 valence electrons. The van der Waals surface area contributed by atoms with Crippen molar-refractivity contribution in [1.82, 2.24) is 4.90 Å². The number of thioether (sulfide) groups is 1. The van der Waals surface area contributed by atoms with Crippen LogP contribution in [0.1, 0.15) is 81.3 Å². The van der Waals surface area contributed by atoms with Gasteiger partial charge in [-0.3, -0.25) is 0 Å². The van der Waals surface area contributed by atoms with E-state index in [0.29, 0.717) is 37.5 Å². The number of rotatable bonds is 21. The molecule has 0 spiro atoms. The van der Waals surface area contributed by atoms with Gasteiger partial charge in [-0.05, 0) is 91.8 Å². The first-order chi connectivity index (χ1) is 30.0. The van der Waals surface area contributed by atoms with Crippen LogP contribution in [-0.4, -0.2) is 90.9 Å². The summed E-state index contributed by atoms with van der Waals surface area (Å²) in [6.07, 6.45) is 10.8. The Kier molecular flexibility index (Phi) is 16.2. The Morgan fingerprint density at radius 3 is 2.51 bits per heavy atom. The highest BCUT2D eigenvalue weighted by atomic mass is 32.2. The molecule has 12 heteroatoms. The van der Waals surface area contributed by atoms with E-state index in [1.54, 1.807) is 29.8 Å². The summed E-state index contributed by atoms with van der Waals surface area (Å²) in [7, 11) is 1.74. The molecular formula is C49H62N2O9S. The molecule has 3 aromatic rings. The molecule has 7 atom stereocenters. The number of likely N-dealkylation sites (N-methyl/N-ethyl adjacent to an activating group) is 1. The summed E-state index contributed by atoms with van der Waals surface area (Å²) in [4.78, 5) is 23.2. The minimum Gasteiger partial charge on any atom is -0.493 e. The van der Waals surface area contributed by atoms with E-state index in [9.17, 15) is 15.0 Å². The largest absolute Gasteiger partial charge is 0.493 e. The molecule has 1 amide bonds. The third kappa shape index (κ3) is 10.8. The number of fused-ring (bicyclic) bond motifs is 2. The van der Waals surface area contributed by atoms with Crippen molar-refractivity contribution < 1.29 is 43.5 Å². The molecule has 2 aliphatic carbocycles. The normalized spacial score (nSPS) is 26.0. The topological polar surface area (TPSA) is 129 Å². The lowest BCUT2D eigenvalue weighted by atomic mass is 9.55.